The number of pyridine rings is 1. The van der Waals surface area contributed by atoms with Gasteiger partial charge in [-0.25, -0.2) is 4.98 Å². The Hall–Kier alpha value is -2.12. The average molecular weight is 461 g/mol. The Labute approximate surface area is 193 Å². The fraction of sp³-hybridized carbons (Fsp3) is 0.560. The maximum Gasteiger partial charge on any atom is 0.207 e. The minimum absolute atomic E-state index is 0.1000. The topological polar surface area (TPSA) is 43.8 Å². The lowest BCUT2D eigenvalue weighted by Gasteiger charge is -2.38. The highest BCUT2D eigenvalue weighted by molar-refractivity contribution is 6.74. The van der Waals surface area contributed by atoms with Gasteiger partial charge in [-0.1, -0.05) is 39.8 Å². The standard InChI is InChI=1S/C25H37FN2O3Si/c1-18-13-15-28(21(18)17-31-32(6,7)25(2,3)4)24-23(26)22(12-14-27-24)30-16-19-8-10-20(29-5)11-9-19/h8-12,14,18,21H,13,15-17H2,1-7H3/t18-,21-/m0/s1. The molecule has 1 saturated heterocycles. The van der Waals surface area contributed by atoms with E-state index in [4.69, 9.17) is 13.9 Å². The Bertz CT molecular complexity index is 899. The van der Waals surface area contributed by atoms with Crippen LogP contribution in [0.15, 0.2) is 36.5 Å². The summed E-state index contributed by atoms with van der Waals surface area (Å²) in [6.07, 6.45) is 2.61. The number of benzene rings is 1. The minimum atomic E-state index is -1.89. The molecular weight excluding hydrogens is 423 g/mol. The molecule has 7 heteroatoms. The summed E-state index contributed by atoms with van der Waals surface area (Å²) in [5.41, 5.74) is 0.944. The SMILES string of the molecule is COc1ccc(COc2ccnc(N3CC[C@H](C)[C@@H]3CO[Si](C)(C)C(C)(C)C)c2F)cc1. The average Bonchev–Trinajstić information content (AvgIpc) is 3.11. The third kappa shape index (κ3) is 5.43. The van der Waals surface area contributed by atoms with Crippen LogP contribution in [0.25, 0.3) is 0 Å². The molecule has 32 heavy (non-hydrogen) atoms. The van der Waals surface area contributed by atoms with Crippen molar-refractivity contribution in [3.8, 4) is 11.5 Å². The van der Waals surface area contributed by atoms with E-state index in [-0.39, 0.29) is 23.4 Å². The zero-order valence-corrected chi connectivity index (χ0v) is 21.4. The molecule has 0 aliphatic carbocycles. The maximum absolute atomic E-state index is 15.4. The third-order valence-electron chi connectivity index (χ3n) is 6.96. The molecule has 1 fully saturated rings. The highest BCUT2D eigenvalue weighted by Gasteiger charge is 2.40. The Kier molecular flexibility index (Phi) is 7.50. The second-order valence-electron chi connectivity index (χ2n) is 10.2. The van der Waals surface area contributed by atoms with Crippen molar-refractivity contribution in [3.05, 3.63) is 47.9 Å². The van der Waals surface area contributed by atoms with E-state index in [0.717, 1.165) is 24.3 Å². The molecule has 0 spiro atoms. The van der Waals surface area contributed by atoms with Crippen LogP contribution in [-0.2, 0) is 11.0 Å². The number of aromatic nitrogens is 1. The van der Waals surface area contributed by atoms with Gasteiger partial charge in [0.25, 0.3) is 0 Å². The number of nitrogens with zero attached hydrogens (tertiary/aromatic N) is 2. The molecule has 5 nitrogen and oxygen atoms in total. The summed E-state index contributed by atoms with van der Waals surface area (Å²) in [6, 6.07) is 9.24. The molecule has 0 unspecified atom stereocenters. The van der Waals surface area contributed by atoms with Crippen molar-refractivity contribution in [2.75, 3.05) is 25.2 Å². The summed E-state index contributed by atoms with van der Waals surface area (Å²) < 4.78 is 32.9. The van der Waals surface area contributed by atoms with Crippen LogP contribution in [-0.4, -0.2) is 39.6 Å². The quantitative estimate of drug-likeness (QED) is 0.449. The molecule has 1 aromatic heterocycles. The zero-order valence-electron chi connectivity index (χ0n) is 20.4. The Morgan fingerprint density at radius 3 is 2.47 bits per heavy atom. The highest BCUT2D eigenvalue weighted by atomic mass is 28.4. The minimum Gasteiger partial charge on any atom is -0.497 e. The van der Waals surface area contributed by atoms with Gasteiger partial charge < -0.3 is 18.8 Å². The van der Waals surface area contributed by atoms with Gasteiger partial charge in [0, 0.05) is 18.8 Å². The molecule has 2 atom stereocenters. The second-order valence-corrected chi connectivity index (χ2v) is 15.0. The van der Waals surface area contributed by atoms with Gasteiger partial charge in [-0.3, -0.25) is 0 Å². The van der Waals surface area contributed by atoms with Gasteiger partial charge in [0.05, 0.1) is 19.8 Å². The van der Waals surface area contributed by atoms with Crippen molar-refractivity contribution >= 4 is 14.1 Å². The fourth-order valence-corrected chi connectivity index (χ4v) is 4.67. The first-order valence-electron chi connectivity index (χ1n) is 11.3. The number of hydrogen-bond acceptors (Lipinski definition) is 5. The molecule has 1 aliphatic heterocycles. The number of anilines is 1. The first-order valence-corrected chi connectivity index (χ1v) is 14.2. The van der Waals surface area contributed by atoms with Crippen molar-refractivity contribution in [2.24, 2.45) is 5.92 Å². The molecule has 1 aromatic carbocycles. The summed E-state index contributed by atoms with van der Waals surface area (Å²) >= 11 is 0. The lowest BCUT2D eigenvalue weighted by Crippen LogP contribution is -2.46. The molecule has 176 valence electrons. The first-order chi connectivity index (χ1) is 15.0. The first kappa shape index (κ1) is 24.5. The van der Waals surface area contributed by atoms with Crippen molar-refractivity contribution in [1.29, 1.82) is 0 Å². The highest BCUT2D eigenvalue weighted by Crippen LogP contribution is 2.38. The van der Waals surface area contributed by atoms with Gasteiger partial charge in [0.15, 0.2) is 19.9 Å². The summed E-state index contributed by atoms with van der Waals surface area (Å²) in [4.78, 5) is 6.45. The summed E-state index contributed by atoms with van der Waals surface area (Å²) in [5.74, 6) is 1.34. The lowest BCUT2D eigenvalue weighted by molar-refractivity contribution is 0.242. The summed E-state index contributed by atoms with van der Waals surface area (Å²) in [5, 5.41) is 0.137. The molecule has 1 aliphatic rings. The van der Waals surface area contributed by atoms with E-state index in [0.29, 0.717) is 18.3 Å². The normalized spacial score (nSPS) is 19.3. The summed E-state index contributed by atoms with van der Waals surface area (Å²) in [7, 11) is -0.260. The van der Waals surface area contributed by atoms with Gasteiger partial charge in [-0.05, 0) is 48.2 Å². The van der Waals surface area contributed by atoms with Crippen molar-refractivity contribution < 1.29 is 18.3 Å². The molecule has 2 aromatic rings. The molecule has 0 saturated carbocycles. The second kappa shape index (κ2) is 9.79. The van der Waals surface area contributed by atoms with Gasteiger partial charge in [-0.15, -0.1) is 0 Å². The smallest absolute Gasteiger partial charge is 0.207 e. The number of halogens is 1. The zero-order chi connectivity index (χ0) is 23.5. The lowest BCUT2D eigenvalue weighted by atomic mass is 10.0. The Morgan fingerprint density at radius 2 is 1.84 bits per heavy atom. The van der Waals surface area contributed by atoms with E-state index in [1.807, 2.05) is 24.3 Å². The maximum atomic E-state index is 15.4. The van der Waals surface area contributed by atoms with E-state index >= 15 is 4.39 Å². The van der Waals surface area contributed by atoms with Gasteiger partial charge in [0.2, 0.25) is 5.82 Å². The van der Waals surface area contributed by atoms with E-state index in [1.54, 1.807) is 19.4 Å². The van der Waals surface area contributed by atoms with Crippen LogP contribution in [0.3, 0.4) is 0 Å². The molecule has 0 radical (unpaired) electrons. The van der Waals surface area contributed by atoms with E-state index in [9.17, 15) is 0 Å². The van der Waals surface area contributed by atoms with Crippen LogP contribution >= 0.6 is 0 Å². The van der Waals surface area contributed by atoms with E-state index in [2.05, 4.69) is 50.7 Å². The fourth-order valence-electron chi connectivity index (χ4n) is 3.65. The van der Waals surface area contributed by atoms with Crippen LogP contribution in [0.2, 0.25) is 18.1 Å². The van der Waals surface area contributed by atoms with Crippen LogP contribution in [0.5, 0.6) is 11.5 Å². The Balaban J connectivity index is 1.73. The van der Waals surface area contributed by atoms with Gasteiger partial charge in [-0.2, -0.15) is 4.39 Å². The molecule has 0 N–H and O–H groups in total. The predicted octanol–water partition coefficient (Wildman–Crippen LogP) is 6.04. The largest absolute Gasteiger partial charge is 0.497 e. The van der Waals surface area contributed by atoms with Gasteiger partial charge >= 0.3 is 0 Å². The third-order valence-corrected chi connectivity index (χ3v) is 11.5. The van der Waals surface area contributed by atoms with E-state index < -0.39 is 14.1 Å². The van der Waals surface area contributed by atoms with Gasteiger partial charge in [0.1, 0.15) is 12.4 Å². The van der Waals surface area contributed by atoms with E-state index in [1.165, 1.54) is 0 Å². The van der Waals surface area contributed by atoms with Crippen molar-refractivity contribution in [3.63, 3.8) is 0 Å². The number of ether oxygens (including phenoxy) is 2. The number of rotatable bonds is 8. The molecule has 2 heterocycles. The predicted molar refractivity (Wildman–Crippen MR) is 130 cm³/mol. The molecule has 0 bridgehead atoms. The molecular formula is C25H37FN2O3Si. The van der Waals surface area contributed by atoms with Crippen LogP contribution in [0, 0.1) is 11.7 Å². The molecule has 0 amide bonds. The monoisotopic (exact) mass is 460 g/mol. The Morgan fingerprint density at radius 1 is 1.16 bits per heavy atom. The summed E-state index contributed by atoms with van der Waals surface area (Å²) in [6.45, 7) is 15.1. The molecule has 3 rings (SSSR count). The van der Waals surface area contributed by atoms with Crippen LogP contribution < -0.4 is 14.4 Å². The van der Waals surface area contributed by atoms with Crippen molar-refractivity contribution in [1.82, 2.24) is 4.98 Å². The number of hydrogen-bond donors (Lipinski definition) is 0. The van der Waals surface area contributed by atoms with Crippen LogP contribution in [0.4, 0.5) is 10.2 Å². The van der Waals surface area contributed by atoms with Crippen molar-refractivity contribution in [2.45, 2.75) is 64.9 Å². The van der Waals surface area contributed by atoms with Crippen LogP contribution in [0.1, 0.15) is 39.7 Å². The number of methoxy groups -OCH3 is 1.